The van der Waals surface area contributed by atoms with Gasteiger partial charge in [0.25, 0.3) is 0 Å². The van der Waals surface area contributed by atoms with Crippen molar-refractivity contribution >= 4 is 75.5 Å². The minimum absolute atomic E-state index is 0.998. The molecule has 11 aromatic carbocycles. The third-order valence-corrected chi connectivity index (χ3v) is 12.2. The van der Waals surface area contributed by atoms with Crippen LogP contribution in [0.15, 0.2) is 212 Å². The van der Waals surface area contributed by atoms with Crippen LogP contribution in [0.25, 0.3) is 120 Å². The van der Waals surface area contributed by atoms with Gasteiger partial charge < -0.3 is 0 Å². The number of fused-ring (bicyclic) bond motifs is 8. The van der Waals surface area contributed by atoms with Crippen LogP contribution >= 0.6 is 0 Å². The van der Waals surface area contributed by atoms with Gasteiger partial charge in [-0.25, -0.2) is 0 Å². The predicted molar refractivity (Wildman–Crippen MR) is 249 cm³/mol. The first kappa shape index (κ1) is 32.6. The molecule has 1 nitrogen and oxygen atoms in total. The molecule has 12 aromatic rings. The Bertz CT molecular complexity index is 3620. The minimum atomic E-state index is 0.998. The van der Waals surface area contributed by atoms with Crippen molar-refractivity contribution in [3.8, 4) is 44.5 Å². The Kier molecular flexibility index (Phi) is 7.30. The summed E-state index contributed by atoms with van der Waals surface area (Å²) in [6.45, 7) is 0. The molecule has 0 aliphatic carbocycles. The smallest absolute Gasteiger partial charge is 0.0708 e. The molecule has 0 atom stereocenters. The highest BCUT2D eigenvalue weighted by Gasteiger charge is 2.20. The topological polar surface area (TPSA) is 12.9 Å². The zero-order valence-corrected chi connectivity index (χ0v) is 31.7. The summed E-state index contributed by atoms with van der Waals surface area (Å²) in [5.74, 6) is 0. The van der Waals surface area contributed by atoms with Crippen LogP contribution in [0.1, 0.15) is 0 Å². The molecule has 0 unspecified atom stereocenters. The zero-order valence-electron chi connectivity index (χ0n) is 31.7. The maximum atomic E-state index is 5.08. The number of rotatable bonds is 4. The Balaban J connectivity index is 1.05. The van der Waals surface area contributed by atoms with Crippen LogP contribution < -0.4 is 0 Å². The fourth-order valence-electron chi connectivity index (χ4n) is 9.50. The van der Waals surface area contributed by atoms with Crippen LogP contribution in [0.2, 0.25) is 0 Å². The largest absolute Gasteiger partial charge is 0.256 e. The summed E-state index contributed by atoms with van der Waals surface area (Å²) in [6, 6.07) is 75.7. The molecule has 0 aliphatic rings. The molecule has 0 radical (unpaired) electrons. The van der Waals surface area contributed by atoms with E-state index in [1.165, 1.54) is 104 Å². The number of aromatic nitrogens is 1. The highest BCUT2D eigenvalue weighted by Crippen LogP contribution is 2.47. The van der Waals surface area contributed by atoms with E-state index in [1.807, 2.05) is 0 Å². The lowest BCUT2D eigenvalue weighted by atomic mass is 9.84. The predicted octanol–water partition coefficient (Wildman–Crippen LogP) is 15.8. The molecule has 0 bridgehead atoms. The Morgan fingerprint density at radius 2 is 0.672 bits per heavy atom. The number of nitrogens with zero attached hydrogens (tertiary/aromatic N) is 1. The van der Waals surface area contributed by atoms with Crippen molar-refractivity contribution < 1.29 is 0 Å². The monoisotopic (exact) mass is 733 g/mol. The van der Waals surface area contributed by atoms with Gasteiger partial charge in [0.2, 0.25) is 0 Å². The molecule has 268 valence electrons. The van der Waals surface area contributed by atoms with E-state index < -0.39 is 0 Å². The average Bonchev–Trinajstić information content (AvgIpc) is 3.29. The molecular weight excluding hydrogens is 699 g/mol. The summed E-state index contributed by atoms with van der Waals surface area (Å²) in [4.78, 5) is 5.08. The third-order valence-electron chi connectivity index (χ3n) is 12.2. The Morgan fingerprint density at radius 3 is 1.24 bits per heavy atom. The molecule has 58 heavy (non-hydrogen) atoms. The van der Waals surface area contributed by atoms with E-state index in [0.29, 0.717) is 0 Å². The molecular formula is C57H35N. The maximum Gasteiger partial charge on any atom is 0.0708 e. The van der Waals surface area contributed by atoms with E-state index in [-0.39, 0.29) is 0 Å². The summed E-state index contributed by atoms with van der Waals surface area (Å²) < 4.78 is 0. The normalized spacial score (nSPS) is 11.8. The van der Waals surface area contributed by atoms with E-state index in [2.05, 4.69) is 212 Å². The van der Waals surface area contributed by atoms with E-state index in [4.69, 9.17) is 4.98 Å². The van der Waals surface area contributed by atoms with Gasteiger partial charge in [0.1, 0.15) is 0 Å². The Labute approximate surface area is 336 Å². The average molecular weight is 734 g/mol. The first-order valence-corrected chi connectivity index (χ1v) is 20.0. The van der Waals surface area contributed by atoms with Crippen LogP contribution in [-0.2, 0) is 0 Å². The van der Waals surface area contributed by atoms with Gasteiger partial charge in [-0.1, -0.05) is 176 Å². The number of hydrogen-bond acceptors (Lipinski definition) is 1. The molecule has 0 aliphatic heterocycles. The molecule has 0 amide bonds. The Hall–Kier alpha value is -7.61. The van der Waals surface area contributed by atoms with Crippen LogP contribution in [0.5, 0.6) is 0 Å². The number of hydrogen-bond donors (Lipinski definition) is 0. The standard InChI is InChI=1S/C57H35N/c1-3-15-46-36(11-1)13-9-20-48(46)42-27-23-40-33-44(29-25-38(40)31-42)55-50-17-5-6-18-51(50)56(57-52-19-7-8-22-54(52)58-35-53(55)57)45-30-26-39-32-43(28-24-41(39)34-45)49-21-10-14-37-12-2-4-16-47(37)49/h1-35H. The van der Waals surface area contributed by atoms with Crippen molar-refractivity contribution in [2.24, 2.45) is 0 Å². The summed E-state index contributed by atoms with van der Waals surface area (Å²) >= 11 is 0. The summed E-state index contributed by atoms with van der Waals surface area (Å²) in [5.41, 5.74) is 10.8. The SMILES string of the molecule is c1ccc2c(-c3ccc4cc(-c5c6ccccc6c(-c6ccc7cc(-c8cccc9ccccc89)ccc7c6)c6c5cnc5ccccc56)ccc4c3)cccc2c1. The third kappa shape index (κ3) is 5.14. The van der Waals surface area contributed by atoms with Crippen molar-refractivity contribution in [1.29, 1.82) is 0 Å². The van der Waals surface area contributed by atoms with E-state index in [1.54, 1.807) is 0 Å². The molecule has 1 heteroatoms. The van der Waals surface area contributed by atoms with Gasteiger partial charge in [0.15, 0.2) is 0 Å². The second-order valence-electron chi connectivity index (χ2n) is 15.5. The second kappa shape index (κ2) is 13.0. The van der Waals surface area contributed by atoms with Crippen molar-refractivity contribution in [2.75, 3.05) is 0 Å². The van der Waals surface area contributed by atoms with E-state index in [0.717, 1.165) is 16.3 Å². The van der Waals surface area contributed by atoms with Crippen LogP contribution in [0.3, 0.4) is 0 Å². The van der Waals surface area contributed by atoms with Crippen molar-refractivity contribution in [2.45, 2.75) is 0 Å². The van der Waals surface area contributed by atoms with Crippen molar-refractivity contribution in [3.63, 3.8) is 0 Å². The molecule has 1 aromatic heterocycles. The first-order chi connectivity index (χ1) is 28.7. The van der Waals surface area contributed by atoms with Crippen LogP contribution in [0, 0.1) is 0 Å². The van der Waals surface area contributed by atoms with Crippen LogP contribution in [0.4, 0.5) is 0 Å². The van der Waals surface area contributed by atoms with Gasteiger partial charge in [-0.2, -0.15) is 0 Å². The molecule has 0 spiro atoms. The molecule has 1 heterocycles. The maximum absolute atomic E-state index is 5.08. The molecule has 0 N–H and O–H groups in total. The highest BCUT2D eigenvalue weighted by molar-refractivity contribution is 6.27. The van der Waals surface area contributed by atoms with Crippen LogP contribution in [-0.4, -0.2) is 4.98 Å². The highest BCUT2D eigenvalue weighted by atomic mass is 14.7. The molecule has 0 saturated carbocycles. The van der Waals surface area contributed by atoms with E-state index in [9.17, 15) is 0 Å². The fourth-order valence-corrected chi connectivity index (χ4v) is 9.50. The lowest BCUT2D eigenvalue weighted by Gasteiger charge is -2.19. The van der Waals surface area contributed by atoms with Gasteiger partial charge in [-0.15, -0.1) is 0 Å². The second-order valence-corrected chi connectivity index (χ2v) is 15.5. The summed E-state index contributed by atoms with van der Waals surface area (Å²) in [6.07, 6.45) is 2.11. The van der Waals surface area contributed by atoms with Crippen molar-refractivity contribution in [3.05, 3.63) is 212 Å². The fraction of sp³-hybridized carbons (Fsp3) is 0. The van der Waals surface area contributed by atoms with Gasteiger partial charge >= 0.3 is 0 Å². The van der Waals surface area contributed by atoms with Gasteiger partial charge in [0.05, 0.1) is 5.52 Å². The lowest BCUT2D eigenvalue weighted by Crippen LogP contribution is -1.93. The van der Waals surface area contributed by atoms with Gasteiger partial charge in [-0.3, -0.25) is 4.98 Å². The minimum Gasteiger partial charge on any atom is -0.256 e. The first-order valence-electron chi connectivity index (χ1n) is 20.0. The van der Waals surface area contributed by atoms with Gasteiger partial charge in [0, 0.05) is 22.4 Å². The number of benzene rings is 11. The molecule has 0 fully saturated rings. The Morgan fingerprint density at radius 1 is 0.259 bits per heavy atom. The lowest BCUT2D eigenvalue weighted by molar-refractivity contribution is 1.45. The molecule has 12 rings (SSSR count). The molecule has 0 saturated heterocycles. The summed E-state index contributed by atoms with van der Waals surface area (Å²) in [5, 5.41) is 16.0. The van der Waals surface area contributed by atoms with Crippen molar-refractivity contribution in [1.82, 2.24) is 4.98 Å². The zero-order chi connectivity index (χ0) is 38.2. The number of para-hydroxylation sites is 1. The van der Waals surface area contributed by atoms with Gasteiger partial charge in [-0.05, 0) is 129 Å². The number of pyridine rings is 1. The quantitative estimate of drug-likeness (QED) is 0.130. The van der Waals surface area contributed by atoms with E-state index >= 15 is 0 Å². The summed E-state index contributed by atoms with van der Waals surface area (Å²) in [7, 11) is 0.